The van der Waals surface area contributed by atoms with E-state index in [4.69, 9.17) is 20.4 Å². The quantitative estimate of drug-likeness (QED) is 0.492. The third-order valence-electron chi connectivity index (χ3n) is 3.94. The average molecular weight is 404 g/mol. The van der Waals surface area contributed by atoms with E-state index in [1.165, 1.54) is 24.6 Å². The summed E-state index contributed by atoms with van der Waals surface area (Å²) in [6.45, 7) is 1.85. The van der Waals surface area contributed by atoms with Crippen LogP contribution < -0.4 is 4.31 Å². The lowest BCUT2D eigenvalue weighted by Crippen LogP contribution is -2.31. The Hall–Kier alpha value is -2.84. The minimum absolute atomic E-state index is 0.0173. The van der Waals surface area contributed by atoms with Crippen molar-refractivity contribution in [3.8, 4) is 11.5 Å². The van der Waals surface area contributed by atoms with Crippen molar-refractivity contribution in [1.82, 2.24) is 9.97 Å². The molecule has 4 aromatic rings. The van der Waals surface area contributed by atoms with Gasteiger partial charge < -0.3 is 8.83 Å². The van der Waals surface area contributed by atoms with Crippen molar-refractivity contribution < 1.29 is 17.3 Å². The Labute approximate surface area is 160 Å². The zero-order valence-corrected chi connectivity index (χ0v) is 15.7. The number of oxazole rings is 2. The summed E-state index contributed by atoms with van der Waals surface area (Å²) < 4.78 is 38.3. The Morgan fingerprint density at radius 2 is 2.04 bits per heavy atom. The fourth-order valence-corrected chi connectivity index (χ4v) is 4.26. The predicted molar refractivity (Wildman–Crippen MR) is 101 cm³/mol. The van der Waals surface area contributed by atoms with Crippen LogP contribution in [0.15, 0.2) is 68.7 Å². The van der Waals surface area contributed by atoms with Crippen LogP contribution in [0.3, 0.4) is 0 Å². The normalized spacial score (nSPS) is 11.8. The van der Waals surface area contributed by atoms with Crippen molar-refractivity contribution in [2.45, 2.75) is 11.8 Å². The van der Waals surface area contributed by atoms with Gasteiger partial charge in [0.2, 0.25) is 5.89 Å². The van der Waals surface area contributed by atoms with Crippen LogP contribution in [0, 0.1) is 0 Å². The lowest BCUT2D eigenvalue weighted by molar-refractivity contribution is 0.567. The van der Waals surface area contributed by atoms with Gasteiger partial charge in [-0.05, 0) is 43.3 Å². The van der Waals surface area contributed by atoms with E-state index < -0.39 is 10.0 Å². The molecule has 2 aromatic carbocycles. The minimum Gasteiger partial charge on any atom is -0.445 e. The maximum atomic E-state index is 13.2. The van der Waals surface area contributed by atoms with E-state index in [9.17, 15) is 8.42 Å². The second-order valence-corrected chi connectivity index (χ2v) is 7.94. The molecule has 0 aliphatic carbocycles. The lowest BCUT2D eigenvalue weighted by atomic mass is 10.2. The van der Waals surface area contributed by atoms with Gasteiger partial charge in [0.15, 0.2) is 5.58 Å². The van der Waals surface area contributed by atoms with Crippen LogP contribution in [0.1, 0.15) is 6.92 Å². The summed E-state index contributed by atoms with van der Waals surface area (Å²) in [7, 11) is -3.90. The Bertz CT molecular complexity index is 1200. The van der Waals surface area contributed by atoms with E-state index in [0.29, 0.717) is 27.6 Å². The van der Waals surface area contributed by atoms with E-state index in [-0.39, 0.29) is 17.5 Å². The van der Waals surface area contributed by atoms with Gasteiger partial charge in [-0.15, -0.1) is 0 Å². The molecule has 0 radical (unpaired) electrons. The lowest BCUT2D eigenvalue weighted by Gasteiger charge is -2.18. The third kappa shape index (κ3) is 3.17. The van der Waals surface area contributed by atoms with Crippen molar-refractivity contribution in [2.75, 3.05) is 10.8 Å². The van der Waals surface area contributed by atoms with Gasteiger partial charge in [0, 0.05) is 17.1 Å². The van der Waals surface area contributed by atoms with E-state index in [1.807, 2.05) is 0 Å². The molecule has 2 aromatic heterocycles. The maximum absolute atomic E-state index is 13.2. The molecule has 0 saturated carbocycles. The highest BCUT2D eigenvalue weighted by atomic mass is 35.5. The van der Waals surface area contributed by atoms with Gasteiger partial charge in [0.25, 0.3) is 10.0 Å². The van der Waals surface area contributed by atoms with Gasteiger partial charge in [0.05, 0.1) is 11.1 Å². The maximum Gasteiger partial charge on any atom is 0.312 e. The largest absolute Gasteiger partial charge is 0.445 e. The van der Waals surface area contributed by atoms with Crippen molar-refractivity contribution in [2.24, 2.45) is 0 Å². The number of aromatic nitrogens is 2. The Balaban J connectivity index is 1.77. The van der Waals surface area contributed by atoms with Gasteiger partial charge in [-0.2, -0.15) is 4.98 Å². The first-order valence-electron chi connectivity index (χ1n) is 8.08. The number of benzene rings is 2. The van der Waals surface area contributed by atoms with Gasteiger partial charge in [0.1, 0.15) is 11.8 Å². The number of rotatable bonds is 5. The van der Waals surface area contributed by atoms with Crippen molar-refractivity contribution >= 4 is 38.7 Å². The molecule has 0 atom stereocenters. The van der Waals surface area contributed by atoms with E-state index in [0.717, 1.165) is 4.31 Å². The predicted octanol–water partition coefficient (Wildman–Crippen LogP) is 4.35. The SMILES string of the molecule is CCN(c1nc2cc(Cl)ccc2o1)S(=O)(=O)c1cccc(-c2ncco2)c1. The van der Waals surface area contributed by atoms with Crippen molar-refractivity contribution in [3.05, 3.63) is 59.9 Å². The topological polar surface area (TPSA) is 89.4 Å². The smallest absolute Gasteiger partial charge is 0.312 e. The van der Waals surface area contributed by atoms with Crippen LogP contribution in [-0.2, 0) is 10.0 Å². The molecule has 4 rings (SSSR count). The molecule has 0 spiro atoms. The summed E-state index contributed by atoms with van der Waals surface area (Å²) in [4.78, 5) is 8.41. The fraction of sp³-hybridized carbons (Fsp3) is 0.111. The zero-order valence-electron chi connectivity index (χ0n) is 14.2. The fourth-order valence-electron chi connectivity index (χ4n) is 2.69. The molecule has 0 fully saturated rings. The molecular weight excluding hydrogens is 390 g/mol. The molecule has 0 saturated heterocycles. The van der Waals surface area contributed by atoms with E-state index in [1.54, 1.807) is 37.3 Å². The van der Waals surface area contributed by atoms with Crippen molar-refractivity contribution in [1.29, 1.82) is 0 Å². The highest BCUT2D eigenvalue weighted by Crippen LogP contribution is 2.29. The van der Waals surface area contributed by atoms with Gasteiger partial charge >= 0.3 is 6.01 Å². The number of nitrogens with zero attached hydrogens (tertiary/aromatic N) is 3. The second-order valence-electron chi connectivity index (χ2n) is 5.64. The summed E-state index contributed by atoms with van der Waals surface area (Å²) >= 11 is 5.97. The monoisotopic (exact) mass is 403 g/mol. The summed E-state index contributed by atoms with van der Waals surface area (Å²) in [5, 5.41) is 0.493. The third-order valence-corrected chi connectivity index (χ3v) is 6.02. The Kier molecular flexibility index (Phi) is 4.37. The Morgan fingerprint density at radius 1 is 1.19 bits per heavy atom. The molecule has 7 nitrogen and oxygen atoms in total. The summed E-state index contributed by atoms with van der Waals surface area (Å²) in [5.74, 6) is 0.339. The van der Waals surface area contributed by atoms with Crippen LogP contribution in [0.2, 0.25) is 5.02 Å². The van der Waals surface area contributed by atoms with Crippen molar-refractivity contribution in [3.63, 3.8) is 0 Å². The first-order chi connectivity index (χ1) is 13.0. The van der Waals surface area contributed by atoms with Gasteiger partial charge in [-0.1, -0.05) is 17.7 Å². The molecule has 0 unspecified atom stereocenters. The molecular formula is C18H14ClN3O4S. The number of fused-ring (bicyclic) bond motifs is 1. The number of hydrogen-bond donors (Lipinski definition) is 0. The number of sulfonamides is 1. The van der Waals surface area contributed by atoms with Crippen LogP contribution >= 0.6 is 11.6 Å². The summed E-state index contributed by atoms with van der Waals surface area (Å²) in [6, 6.07) is 11.3. The molecule has 0 bridgehead atoms. The van der Waals surface area contributed by atoms with E-state index >= 15 is 0 Å². The van der Waals surface area contributed by atoms with Crippen LogP contribution in [0.5, 0.6) is 0 Å². The van der Waals surface area contributed by atoms with Crippen LogP contribution in [0.25, 0.3) is 22.6 Å². The molecule has 0 N–H and O–H groups in total. The zero-order chi connectivity index (χ0) is 19.0. The second kappa shape index (κ2) is 6.71. The summed E-state index contributed by atoms with van der Waals surface area (Å²) in [6.07, 6.45) is 2.93. The number of halogens is 1. The molecule has 2 heterocycles. The number of anilines is 1. The average Bonchev–Trinajstić information content (AvgIpc) is 3.31. The Morgan fingerprint density at radius 3 is 2.78 bits per heavy atom. The molecule has 138 valence electrons. The van der Waals surface area contributed by atoms with Crippen LogP contribution in [-0.4, -0.2) is 24.9 Å². The standard InChI is InChI=1S/C18H14ClN3O4S/c1-2-22(18-21-15-11-13(19)6-7-16(15)26-18)27(23,24)14-5-3-4-12(10-14)17-20-8-9-25-17/h3-11H,2H2,1H3. The highest BCUT2D eigenvalue weighted by molar-refractivity contribution is 7.92. The van der Waals surface area contributed by atoms with Gasteiger partial charge in [-0.25, -0.2) is 17.7 Å². The molecule has 0 amide bonds. The summed E-state index contributed by atoms with van der Waals surface area (Å²) in [5.41, 5.74) is 1.50. The first kappa shape index (κ1) is 17.6. The minimum atomic E-state index is -3.90. The first-order valence-corrected chi connectivity index (χ1v) is 9.89. The molecule has 0 aliphatic rings. The van der Waals surface area contributed by atoms with E-state index in [2.05, 4.69) is 9.97 Å². The molecule has 9 heteroatoms. The number of hydrogen-bond acceptors (Lipinski definition) is 6. The molecule has 27 heavy (non-hydrogen) atoms. The van der Waals surface area contributed by atoms with Gasteiger partial charge in [-0.3, -0.25) is 0 Å². The van der Waals surface area contributed by atoms with Crippen LogP contribution in [0.4, 0.5) is 6.01 Å². The highest BCUT2D eigenvalue weighted by Gasteiger charge is 2.28. The molecule has 0 aliphatic heterocycles.